The van der Waals surface area contributed by atoms with Crippen molar-refractivity contribution in [1.82, 2.24) is 15.1 Å². The number of likely N-dealkylation sites (tertiary alicyclic amines) is 1. The van der Waals surface area contributed by atoms with Gasteiger partial charge in [-0.05, 0) is 60.1 Å². The van der Waals surface area contributed by atoms with E-state index in [4.69, 9.17) is 18.9 Å². The van der Waals surface area contributed by atoms with E-state index in [2.05, 4.69) is 16.3 Å². The summed E-state index contributed by atoms with van der Waals surface area (Å²) in [7, 11) is 5.24. The van der Waals surface area contributed by atoms with Gasteiger partial charge >= 0.3 is 0 Å². The van der Waals surface area contributed by atoms with Crippen molar-refractivity contribution in [2.45, 2.75) is 31.8 Å². The largest absolute Gasteiger partial charge is 0.497 e. The number of hydrogen-bond acceptors (Lipinski definition) is 7. The first-order valence-corrected chi connectivity index (χ1v) is 12.9. The zero-order valence-corrected chi connectivity index (χ0v) is 22.2. The van der Waals surface area contributed by atoms with Crippen LogP contribution in [0.15, 0.2) is 66.7 Å². The van der Waals surface area contributed by atoms with E-state index in [-0.39, 0.29) is 24.6 Å². The van der Waals surface area contributed by atoms with Gasteiger partial charge in [0, 0.05) is 26.2 Å². The third kappa shape index (κ3) is 6.45. The van der Waals surface area contributed by atoms with Gasteiger partial charge in [0.2, 0.25) is 5.91 Å². The third-order valence-corrected chi connectivity index (χ3v) is 6.91. The molecule has 8 heteroatoms. The van der Waals surface area contributed by atoms with Crippen LogP contribution >= 0.6 is 0 Å². The Balaban J connectivity index is 1.37. The van der Waals surface area contributed by atoms with E-state index in [0.717, 1.165) is 41.3 Å². The molecule has 1 fully saturated rings. The summed E-state index contributed by atoms with van der Waals surface area (Å²) < 4.78 is 23.5. The topological polar surface area (TPSA) is 72.5 Å². The van der Waals surface area contributed by atoms with Crippen molar-refractivity contribution in [1.29, 1.82) is 0 Å². The predicted octanol–water partition coefficient (Wildman–Crippen LogP) is 3.83. The highest BCUT2D eigenvalue weighted by atomic mass is 16.5. The average molecular weight is 518 g/mol. The van der Waals surface area contributed by atoms with Gasteiger partial charge in [0.1, 0.15) is 11.5 Å². The Kier molecular flexibility index (Phi) is 8.12. The molecule has 0 unspecified atom stereocenters. The minimum Gasteiger partial charge on any atom is -0.497 e. The van der Waals surface area contributed by atoms with Crippen LogP contribution in [0.3, 0.4) is 0 Å². The molecule has 3 aromatic carbocycles. The number of likely N-dealkylation sites (N-methyl/N-ethyl adjacent to an activating group) is 1. The van der Waals surface area contributed by atoms with E-state index in [1.165, 1.54) is 0 Å². The Hall–Kier alpha value is -3.59. The number of benzene rings is 3. The van der Waals surface area contributed by atoms with Gasteiger partial charge in [-0.2, -0.15) is 0 Å². The molecule has 2 aliphatic rings. The molecular weight excluding hydrogens is 482 g/mol. The van der Waals surface area contributed by atoms with E-state index >= 15 is 0 Å². The second-order valence-electron chi connectivity index (χ2n) is 9.98. The number of carbonyl (C=O) groups excluding carboxylic acids is 1. The maximum atomic E-state index is 13.1. The molecule has 200 valence electrons. The zero-order valence-electron chi connectivity index (χ0n) is 22.2. The molecule has 0 aromatic heterocycles. The monoisotopic (exact) mass is 517 g/mol. The molecule has 4 bridgehead atoms. The molecule has 2 aliphatic heterocycles. The first kappa shape index (κ1) is 26.0. The Bertz CT molecular complexity index is 1270. The van der Waals surface area contributed by atoms with Gasteiger partial charge in [0.15, 0.2) is 11.5 Å². The Morgan fingerprint density at radius 1 is 0.947 bits per heavy atom. The molecule has 2 atom stereocenters. The van der Waals surface area contributed by atoms with Crippen LogP contribution in [0.2, 0.25) is 0 Å². The summed E-state index contributed by atoms with van der Waals surface area (Å²) in [6.07, 6.45) is -0.139. The fourth-order valence-electron chi connectivity index (χ4n) is 5.11. The second kappa shape index (κ2) is 11.9. The molecule has 38 heavy (non-hydrogen) atoms. The zero-order chi connectivity index (χ0) is 26.5. The number of nitrogens with zero attached hydrogens (tertiary/aromatic N) is 2. The summed E-state index contributed by atoms with van der Waals surface area (Å²) in [4.78, 5) is 17.4. The first-order valence-electron chi connectivity index (χ1n) is 12.9. The minimum absolute atomic E-state index is 0.0200. The molecule has 0 aliphatic carbocycles. The summed E-state index contributed by atoms with van der Waals surface area (Å²) in [5.74, 6) is 2.83. The van der Waals surface area contributed by atoms with Gasteiger partial charge < -0.3 is 24.3 Å². The smallest absolute Gasteiger partial charge is 0.234 e. The molecule has 5 rings (SSSR count). The summed E-state index contributed by atoms with van der Waals surface area (Å²) in [5.41, 5.74) is 3.20. The van der Waals surface area contributed by atoms with Crippen molar-refractivity contribution in [2.24, 2.45) is 0 Å². The molecule has 8 nitrogen and oxygen atoms in total. The van der Waals surface area contributed by atoms with Crippen molar-refractivity contribution in [3.05, 3.63) is 83.4 Å². The fraction of sp³-hybridized carbons (Fsp3) is 0.367. The van der Waals surface area contributed by atoms with Gasteiger partial charge in [0.25, 0.3) is 0 Å². The molecule has 1 saturated heterocycles. The summed E-state index contributed by atoms with van der Waals surface area (Å²) in [6.45, 7) is 3.47. The summed E-state index contributed by atoms with van der Waals surface area (Å²) in [5, 5.41) is 3.24. The molecule has 0 spiro atoms. The number of rotatable bonds is 4. The molecule has 1 N–H and O–H groups in total. The van der Waals surface area contributed by atoms with Crippen molar-refractivity contribution < 1.29 is 23.7 Å². The van der Waals surface area contributed by atoms with Crippen molar-refractivity contribution in [3.63, 3.8) is 0 Å². The summed E-state index contributed by atoms with van der Waals surface area (Å²) >= 11 is 0. The maximum Gasteiger partial charge on any atom is 0.234 e. The highest BCUT2D eigenvalue weighted by molar-refractivity contribution is 5.78. The minimum atomic E-state index is -0.139. The van der Waals surface area contributed by atoms with E-state index in [9.17, 15) is 4.79 Å². The van der Waals surface area contributed by atoms with Crippen molar-refractivity contribution in [3.8, 4) is 23.0 Å². The lowest BCUT2D eigenvalue weighted by Gasteiger charge is -2.23. The molecule has 2 heterocycles. The molecule has 1 amide bonds. The molecule has 3 aromatic rings. The van der Waals surface area contributed by atoms with Gasteiger partial charge in [-0.1, -0.05) is 30.3 Å². The van der Waals surface area contributed by atoms with Gasteiger partial charge in [-0.15, -0.1) is 0 Å². The van der Waals surface area contributed by atoms with E-state index in [1.807, 2.05) is 72.6 Å². The van der Waals surface area contributed by atoms with Crippen LogP contribution < -0.4 is 19.5 Å². The number of hydrogen-bond donors (Lipinski definition) is 1. The number of carbonyl (C=O) groups is 1. The highest BCUT2D eigenvalue weighted by Crippen LogP contribution is 2.33. The van der Waals surface area contributed by atoms with Crippen molar-refractivity contribution >= 4 is 5.91 Å². The maximum absolute atomic E-state index is 13.1. The highest BCUT2D eigenvalue weighted by Gasteiger charge is 2.35. The predicted molar refractivity (Wildman–Crippen MR) is 145 cm³/mol. The number of nitrogens with one attached hydrogen (secondary N) is 1. The molecule has 0 radical (unpaired) electrons. The SMILES string of the molecule is COc1cccc(CN2C[C@@H]3NC(=O)CN(C)Cc4ccc(OC)c(c4)Oc4cccc(c4)CO[C@H]3C2)c1. The number of ether oxygens (including phenoxy) is 4. The first-order chi connectivity index (χ1) is 18.5. The third-order valence-electron chi connectivity index (χ3n) is 6.91. The fourth-order valence-corrected chi connectivity index (χ4v) is 5.11. The number of fused-ring (bicyclic) bond motifs is 5. The van der Waals surface area contributed by atoms with E-state index in [0.29, 0.717) is 31.2 Å². The normalized spacial score (nSPS) is 20.8. The second-order valence-corrected chi connectivity index (χ2v) is 9.98. The lowest BCUT2D eigenvalue weighted by molar-refractivity contribution is -0.123. The van der Waals surface area contributed by atoms with Gasteiger partial charge in [0.05, 0.1) is 39.5 Å². The summed E-state index contributed by atoms with van der Waals surface area (Å²) in [6, 6.07) is 21.7. The van der Waals surface area contributed by atoms with Crippen LogP contribution in [0.1, 0.15) is 16.7 Å². The van der Waals surface area contributed by atoms with E-state index < -0.39 is 0 Å². The van der Waals surface area contributed by atoms with E-state index in [1.54, 1.807) is 14.2 Å². The van der Waals surface area contributed by atoms with Crippen LogP contribution in [0.25, 0.3) is 0 Å². The van der Waals surface area contributed by atoms with Gasteiger partial charge in [-0.3, -0.25) is 14.6 Å². The van der Waals surface area contributed by atoms with Crippen LogP contribution in [0.4, 0.5) is 0 Å². The lowest BCUT2D eigenvalue weighted by Crippen LogP contribution is -2.47. The Morgan fingerprint density at radius 2 is 1.82 bits per heavy atom. The standard InChI is InChI=1S/C30H35N3O5/c1-32-15-22-10-11-27(36-3)28(14-22)38-25-9-5-7-23(13-25)20-37-29-18-33(17-26(29)31-30(34)19-32)16-21-6-4-8-24(12-21)35-2/h4-14,26,29H,15-20H2,1-3H3,(H,31,34)/t26-,29-/m0/s1. The number of amides is 1. The molecular formula is C30H35N3O5. The Morgan fingerprint density at radius 3 is 2.66 bits per heavy atom. The number of methoxy groups -OCH3 is 2. The average Bonchev–Trinajstić information content (AvgIpc) is 3.27. The van der Waals surface area contributed by atoms with Crippen LogP contribution in [0.5, 0.6) is 23.0 Å². The van der Waals surface area contributed by atoms with Gasteiger partial charge in [-0.25, -0.2) is 0 Å². The van der Waals surface area contributed by atoms with Crippen LogP contribution in [0, 0.1) is 0 Å². The van der Waals surface area contributed by atoms with Crippen molar-refractivity contribution in [2.75, 3.05) is 40.9 Å². The lowest BCUT2D eigenvalue weighted by atomic mass is 10.1. The Labute approximate surface area is 224 Å². The van der Waals surface area contributed by atoms with Crippen LogP contribution in [-0.2, 0) is 29.2 Å². The molecule has 0 saturated carbocycles. The quantitative estimate of drug-likeness (QED) is 0.564. The van der Waals surface area contributed by atoms with Crippen LogP contribution in [-0.4, -0.2) is 68.8 Å².